The van der Waals surface area contributed by atoms with E-state index in [1.807, 2.05) is 119 Å². The summed E-state index contributed by atoms with van der Waals surface area (Å²) in [6, 6.07) is 27.4. The molecule has 0 heterocycles. The number of amides is 1. The molecule has 0 radical (unpaired) electrons. The molecular weight excluding hydrogens is 419 g/mol. The number of carbonyl (C=O) groups excluding carboxylic acids is 1. The van der Waals surface area contributed by atoms with Gasteiger partial charge in [-0.15, -0.1) is 0 Å². The molecule has 1 N–H and O–H groups in total. The van der Waals surface area contributed by atoms with Gasteiger partial charge >= 0.3 is 6.09 Å². The van der Waals surface area contributed by atoms with Crippen molar-refractivity contribution in [2.24, 2.45) is 4.76 Å². The van der Waals surface area contributed by atoms with Crippen LogP contribution in [0.1, 0.15) is 33.3 Å². The van der Waals surface area contributed by atoms with Gasteiger partial charge in [-0.1, -0.05) is 66.7 Å². The van der Waals surface area contributed by atoms with E-state index < -0.39 is 25.0 Å². The van der Waals surface area contributed by atoms with Gasteiger partial charge in [0.05, 0.1) is 11.8 Å². The second kappa shape index (κ2) is 9.97. The SMILES string of the molecule is C[C@H](NC(=O)OC(C)(C)C)C(=NP(=O)(c1ccccc1)c1ccccc1)c1ccccc1. The average molecular weight is 449 g/mol. The Balaban J connectivity index is 2.12. The summed E-state index contributed by atoms with van der Waals surface area (Å²) in [4.78, 5) is 12.5. The number of alkyl carbamates (subject to hydrolysis) is 1. The summed E-state index contributed by atoms with van der Waals surface area (Å²) >= 11 is 0. The number of rotatable bonds is 6. The molecule has 0 fully saturated rings. The Bertz CT molecular complexity index is 1060. The van der Waals surface area contributed by atoms with Gasteiger partial charge in [0.1, 0.15) is 5.60 Å². The zero-order chi connectivity index (χ0) is 23.2. The lowest BCUT2D eigenvalue weighted by atomic mass is 10.1. The molecule has 0 bridgehead atoms. The van der Waals surface area contributed by atoms with Gasteiger partial charge in [0.25, 0.3) is 0 Å². The largest absolute Gasteiger partial charge is 0.444 e. The predicted molar refractivity (Wildman–Crippen MR) is 132 cm³/mol. The van der Waals surface area contributed by atoms with Crippen LogP contribution in [0.4, 0.5) is 4.79 Å². The molecule has 1 atom stereocenters. The lowest BCUT2D eigenvalue weighted by molar-refractivity contribution is 0.0521. The zero-order valence-corrected chi connectivity index (χ0v) is 19.8. The highest BCUT2D eigenvalue weighted by Gasteiger charge is 2.29. The molecule has 0 aliphatic carbocycles. The highest BCUT2D eigenvalue weighted by Crippen LogP contribution is 2.45. The maximum absolute atomic E-state index is 14.5. The molecule has 1 amide bonds. The van der Waals surface area contributed by atoms with Crippen LogP contribution in [0, 0.1) is 0 Å². The molecule has 3 aromatic carbocycles. The number of nitrogens with one attached hydrogen (secondary N) is 1. The van der Waals surface area contributed by atoms with Crippen molar-refractivity contribution in [2.45, 2.75) is 39.3 Å². The summed E-state index contributed by atoms with van der Waals surface area (Å²) in [5, 5.41) is 4.11. The predicted octanol–water partition coefficient (Wildman–Crippen LogP) is 5.32. The van der Waals surface area contributed by atoms with E-state index in [9.17, 15) is 9.36 Å². The summed E-state index contributed by atoms with van der Waals surface area (Å²) in [6.07, 6.45) is -0.553. The number of hydrogen-bond donors (Lipinski definition) is 1. The minimum absolute atomic E-state index is 0.521. The van der Waals surface area contributed by atoms with Gasteiger partial charge in [0.2, 0.25) is 7.29 Å². The van der Waals surface area contributed by atoms with Crippen LogP contribution in [-0.4, -0.2) is 23.4 Å². The highest BCUT2D eigenvalue weighted by molar-refractivity contribution is 7.77. The van der Waals surface area contributed by atoms with Crippen LogP contribution in [0.25, 0.3) is 0 Å². The van der Waals surface area contributed by atoms with E-state index >= 15 is 0 Å². The molecule has 5 nitrogen and oxygen atoms in total. The van der Waals surface area contributed by atoms with E-state index in [2.05, 4.69) is 5.32 Å². The van der Waals surface area contributed by atoms with E-state index in [1.165, 1.54) is 0 Å². The fourth-order valence-electron chi connectivity index (χ4n) is 3.23. The Kier molecular flexibility index (Phi) is 7.32. The van der Waals surface area contributed by atoms with Crippen LogP contribution >= 0.6 is 7.29 Å². The van der Waals surface area contributed by atoms with Crippen LogP contribution in [0.5, 0.6) is 0 Å². The summed E-state index contributed by atoms with van der Waals surface area (Å²) in [7, 11) is -3.39. The third-order valence-electron chi connectivity index (χ3n) is 4.67. The normalized spacial score (nSPS) is 13.3. The number of carbonyl (C=O) groups is 1. The van der Waals surface area contributed by atoms with Crippen molar-refractivity contribution >= 4 is 29.7 Å². The Morgan fingerprint density at radius 3 is 1.72 bits per heavy atom. The molecule has 32 heavy (non-hydrogen) atoms. The lowest BCUT2D eigenvalue weighted by Gasteiger charge is -2.24. The standard InChI is InChI=1S/C26H29N2O3P/c1-20(27-25(29)31-26(2,3)4)24(21-14-8-5-9-15-21)28-32(30,22-16-10-6-11-17-22)23-18-12-7-13-19-23/h5-20H,1-4H3,(H,27,29)/t20-/m0/s1. The third kappa shape index (κ3) is 5.95. The van der Waals surface area contributed by atoms with E-state index in [1.54, 1.807) is 0 Å². The summed E-state index contributed by atoms with van der Waals surface area (Å²) in [5.41, 5.74) is 0.674. The number of benzene rings is 3. The van der Waals surface area contributed by atoms with Gasteiger partial charge in [-0.3, -0.25) is 4.57 Å². The average Bonchev–Trinajstić information content (AvgIpc) is 2.77. The highest BCUT2D eigenvalue weighted by atomic mass is 31.2. The fraction of sp³-hybridized carbons (Fsp3) is 0.231. The number of hydrogen-bond acceptors (Lipinski definition) is 3. The molecule has 0 saturated carbocycles. The van der Waals surface area contributed by atoms with E-state index in [-0.39, 0.29) is 0 Å². The van der Waals surface area contributed by atoms with Crippen LogP contribution in [0.3, 0.4) is 0 Å². The molecule has 0 aliphatic heterocycles. The molecule has 3 rings (SSSR count). The first-order valence-electron chi connectivity index (χ1n) is 10.6. The van der Waals surface area contributed by atoms with Gasteiger partial charge in [-0.05, 0) is 57.5 Å². The van der Waals surface area contributed by atoms with E-state index in [0.717, 1.165) is 5.56 Å². The van der Waals surface area contributed by atoms with Gasteiger partial charge < -0.3 is 10.1 Å². The molecule has 0 saturated heterocycles. The summed E-state index contributed by atoms with van der Waals surface area (Å²) in [5.74, 6) is 0. The Labute approximate surface area is 190 Å². The first-order valence-corrected chi connectivity index (χ1v) is 12.2. The van der Waals surface area contributed by atoms with Crippen molar-refractivity contribution in [3.63, 3.8) is 0 Å². The van der Waals surface area contributed by atoms with Crippen LogP contribution < -0.4 is 15.9 Å². The van der Waals surface area contributed by atoms with Crippen molar-refractivity contribution in [2.75, 3.05) is 0 Å². The summed E-state index contributed by atoms with van der Waals surface area (Å²) < 4.78 is 24.8. The lowest BCUT2D eigenvalue weighted by Crippen LogP contribution is -2.42. The molecule has 0 aliphatic rings. The maximum atomic E-state index is 14.5. The topological polar surface area (TPSA) is 67.8 Å². The quantitative estimate of drug-likeness (QED) is 0.410. The van der Waals surface area contributed by atoms with E-state index in [4.69, 9.17) is 9.50 Å². The first kappa shape index (κ1) is 23.5. The van der Waals surface area contributed by atoms with Crippen molar-refractivity contribution in [1.82, 2.24) is 5.32 Å². The maximum Gasteiger partial charge on any atom is 0.408 e. The van der Waals surface area contributed by atoms with Gasteiger partial charge in [0.15, 0.2) is 0 Å². The van der Waals surface area contributed by atoms with Crippen molar-refractivity contribution in [1.29, 1.82) is 0 Å². The van der Waals surface area contributed by atoms with Crippen molar-refractivity contribution < 1.29 is 14.1 Å². The smallest absolute Gasteiger partial charge is 0.408 e. The van der Waals surface area contributed by atoms with Crippen LogP contribution in [0.15, 0.2) is 95.8 Å². The van der Waals surface area contributed by atoms with Gasteiger partial charge in [0, 0.05) is 10.6 Å². The minimum Gasteiger partial charge on any atom is -0.444 e. The number of ether oxygens (including phenoxy) is 1. The molecular formula is C26H29N2O3P. The van der Waals surface area contributed by atoms with Gasteiger partial charge in [-0.2, -0.15) is 0 Å². The van der Waals surface area contributed by atoms with Crippen molar-refractivity contribution in [3.8, 4) is 0 Å². The Morgan fingerprint density at radius 1 is 0.844 bits per heavy atom. The minimum atomic E-state index is -3.39. The molecule has 166 valence electrons. The second-order valence-electron chi connectivity index (χ2n) is 8.47. The molecule has 6 heteroatoms. The first-order chi connectivity index (χ1) is 15.2. The second-order valence-corrected chi connectivity index (χ2v) is 10.9. The Hall–Kier alpha value is -3.17. The third-order valence-corrected chi connectivity index (χ3v) is 7.17. The zero-order valence-electron chi connectivity index (χ0n) is 18.9. The molecule has 0 spiro atoms. The van der Waals surface area contributed by atoms with Gasteiger partial charge in [-0.25, -0.2) is 9.56 Å². The fourth-order valence-corrected chi connectivity index (χ4v) is 5.51. The molecule has 3 aromatic rings. The Morgan fingerprint density at radius 2 is 1.28 bits per heavy atom. The van der Waals surface area contributed by atoms with Crippen LogP contribution in [-0.2, 0) is 9.30 Å². The number of nitrogens with zero attached hydrogens (tertiary/aromatic N) is 1. The molecule has 0 aromatic heterocycles. The monoisotopic (exact) mass is 448 g/mol. The molecule has 0 unspecified atom stereocenters. The summed E-state index contributed by atoms with van der Waals surface area (Å²) in [6.45, 7) is 7.24. The van der Waals surface area contributed by atoms with Crippen molar-refractivity contribution in [3.05, 3.63) is 96.6 Å². The van der Waals surface area contributed by atoms with Crippen LogP contribution in [0.2, 0.25) is 0 Å². The van der Waals surface area contributed by atoms with E-state index in [0.29, 0.717) is 16.3 Å².